The van der Waals surface area contributed by atoms with Gasteiger partial charge in [-0.1, -0.05) is 25.1 Å². The predicted molar refractivity (Wildman–Crippen MR) is 77.7 cm³/mol. The highest BCUT2D eigenvalue weighted by atomic mass is 19.1. The third kappa shape index (κ3) is 2.85. The molecule has 1 atom stereocenters. The van der Waals surface area contributed by atoms with Crippen LogP contribution in [-0.4, -0.2) is 9.97 Å². The Bertz CT molecular complexity index is 588. The maximum absolute atomic E-state index is 13.8. The second kappa shape index (κ2) is 6.29. The molecule has 0 spiro atoms. The predicted octanol–water partition coefficient (Wildman–Crippen LogP) is 2.64. The Kier molecular flexibility index (Phi) is 4.47. The average molecular weight is 275 g/mol. The molecule has 2 aromatic rings. The molecule has 0 bridgehead atoms. The first-order chi connectivity index (χ1) is 9.67. The van der Waals surface area contributed by atoms with Crippen LogP contribution >= 0.6 is 0 Å². The normalized spacial score (nSPS) is 12.0. The van der Waals surface area contributed by atoms with Crippen molar-refractivity contribution in [2.24, 2.45) is 5.84 Å². The van der Waals surface area contributed by atoms with E-state index >= 15 is 0 Å². The van der Waals surface area contributed by atoms with Crippen LogP contribution in [0.4, 0.5) is 16.0 Å². The first kappa shape index (κ1) is 14.2. The zero-order valence-electron chi connectivity index (χ0n) is 11.5. The van der Waals surface area contributed by atoms with E-state index in [9.17, 15) is 4.39 Å². The summed E-state index contributed by atoms with van der Waals surface area (Å²) in [4.78, 5) is 8.28. The molecule has 0 saturated carbocycles. The van der Waals surface area contributed by atoms with Crippen LogP contribution in [0.25, 0.3) is 0 Å². The number of anilines is 2. The van der Waals surface area contributed by atoms with Crippen LogP contribution in [0.1, 0.15) is 31.0 Å². The van der Waals surface area contributed by atoms with Crippen LogP contribution in [0.15, 0.2) is 30.6 Å². The molecule has 0 saturated heterocycles. The standard InChI is InChI=1S/C14H18FN5/c1-3-10-13(17-8-18-14(10)20-16)19-9(2)11-6-4-5-7-12(11)15/h4-9H,3,16H2,1-2H3,(H2,17,18,19,20). The molecule has 1 heterocycles. The van der Waals surface area contributed by atoms with Crippen LogP contribution in [-0.2, 0) is 6.42 Å². The van der Waals surface area contributed by atoms with E-state index in [1.807, 2.05) is 19.9 Å². The minimum atomic E-state index is -0.239. The van der Waals surface area contributed by atoms with Crippen molar-refractivity contribution >= 4 is 11.6 Å². The summed E-state index contributed by atoms with van der Waals surface area (Å²) >= 11 is 0. The maximum Gasteiger partial charge on any atom is 0.148 e. The van der Waals surface area contributed by atoms with E-state index in [1.54, 1.807) is 12.1 Å². The highest BCUT2D eigenvalue weighted by Gasteiger charge is 2.14. The van der Waals surface area contributed by atoms with E-state index in [2.05, 4.69) is 20.7 Å². The molecule has 1 aromatic heterocycles. The number of benzene rings is 1. The number of hydrazine groups is 1. The lowest BCUT2D eigenvalue weighted by molar-refractivity contribution is 0.600. The fourth-order valence-electron chi connectivity index (χ4n) is 2.11. The number of nitrogens with one attached hydrogen (secondary N) is 2. The largest absolute Gasteiger partial charge is 0.363 e. The Hall–Kier alpha value is -2.21. The molecular formula is C14H18FN5. The second-order valence-electron chi connectivity index (χ2n) is 4.43. The van der Waals surface area contributed by atoms with Crippen molar-refractivity contribution in [3.8, 4) is 0 Å². The van der Waals surface area contributed by atoms with Crippen molar-refractivity contribution in [2.45, 2.75) is 26.3 Å². The molecule has 4 N–H and O–H groups in total. The highest BCUT2D eigenvalue weighted by molar-refractivity contribution is 5.57. The van der Waals surface area contributed by atoms with Crippen molar-refractivity contribution in [1.29, 1.82) is 0 Å². The van der Waals surface area contributed by atoms with E-state index in [0.29, 0.717) is 23.6 Å². The molecule has 0 radical (unpaired) electrons. The lowest BCUT2D eigenvalue weighted by Gasteiger charge is -2.18. The number of nitrogen functional groups attached to an aromatic ring is 1. The monoisotopic (exact) mass is 275 g/mol. The minimum Gasteiger partial charge on any atom is -0.363 e. The molecule has 1 unspecified atom stereocenters. The third-order valence-electron chi connectivity index (χ3n) is 3.16. The van der Waals surface area contributed by atoms with E-state index in [-0.39, 0.29) is 11.9 Å². The lowest BCUT2D eigenvalue weighted by Crippen LogP contribution is -2.16. The van der Waals surface area contributed by atoms with Gasteiger partial charge in [0.15, 0.2) is 0 Å². The van der Waals surface area contributed by atoms with Gasteiger partial charge in [-0.05, 0) is 19.4 Å². The molecule has 20 heavy (non-hydrogen) atoms. The SMILES string of the molecule is CCc1c(NN)ncnc1NC(C)c1ccccc1F. The summed E-state index contributed by atoms with van der Waals surface area (Å²) in [6.45, 7) is 3.87. The average Bonchev–Trinajstić information content (AvgIpc) is 2.47. The Morgan fingerprint density at radius 3 is 2.60 bits per heavy atom. The summed E-state index contributed by atoms with van der Waals surface area (Å²) in [6.07, 6.45) is 2.14. The molecule has 0 amide bonds. The van der Waals surface area contributed by atoms with Gasteiger partial charge in [-0.3, -0.25) is 0 Å². The van der Waals surface area contributed by atoms with Crippen molar-refractivity contribution in [3.63, 3.8) is 0 Å². The minimum absolute atomic E-state index is 0.206. The Morgan fingerprint density at radius 2 is 1.95 bits per heavy atom. The fraction of sp³-hybridized carbons (Fsp3) is 0.286. The van der Waals surface area contributed by atoms with Gasteiger partial charge in [-0.25, -0.2) is 20.2 Å². The fourth-order valence-corrected chi connectivity index (χ4v) is 2.11. The topological polar surface area (TPSA) is 75.9 Å². The van der Waals surface area contributed by atoms with E-state index < -0.39 is 0 Å². The van der Waals surface area contributed by atoms with Crippen LogP contribution in [0.3, 0.4) is 0 Å². The molecule has 0 aliphatic carbocycles. The number of rotatable bonds is 5. The van der Waals surface area contributed by atoms with Crippen molar-refractivity contribution in [2.75, 3.05) is 10.7 Å². The van der Waals surface area contributed by atoms with Gasteiger partial charge in [0, 0.05) is 11.1 Å². The van der Waals surface area contributed by atoms with E-state index in [0.717, 1.165) is 5.56 Å². The molecule has 2 rings (SSSR count). The summed E-state index contributed by atoms with van der Waals surface area (Å²) in [6, 6.07) is 6.47. The zero-order chi connectivity index (χ0) is 14.5. The van der Waals surface area contributed by atoms with Gasteiger partial charge in [0.2, 0.25) is 0 Å². The van der Waals surface area contributed by atoms with Crippen LogP contribution in [0.2, 0.25) is 0 Å². The van der Waals surface area contributed by atoms with Crippen LogP contribution in [0, 0.1) is 5.82 Å². The summed E-state index contributed by atoms with van der Waals surface area (Å²) in [5, 5.41) is 3.21. The number of aromatic nitrogens is 2. The molecule has 5 nitrogen and oxygen atoms in total. The van der Waals surface area contributed by atoms with Gasteiger partial charge in [-0.15, -0.1) is 0 Å². The summed E-state index contributed by atoms with van der Waals surface area (Å²) in [7, 11) is 0. The number of hydrogen-bond donors (Lipinski definition) is 3. The Labute approximate surface area is 117 Å². The maximum atomic E-state index is 13.8. The molecule has 6 heteroatoms. The van der Waals surface area contributed by atoms with Crippen molar-refractivity contribution in [3.05, 3.63) is 47.5 Å². The molecule has 1 aromatic carbocycles. The molecule has 0 fully saturated rings. The summed E-state index contributed by atoms with van der Waals surface area (Å²) in [5.74, 6) is 6.43. The number of nitrogens with two attached hydrogens (primary N) is 1. The number of nitrogens with zero attached hydrogens (tertiary/aromatic N) is 2. The van der Waals surface area contributed by atoms with Gasteiger partial charge in [-0.2, -0.15) is 0 Å². The summed E-state index contributed by atoms with van der Waals surface area (Å²) < 4.78 is 13.8. The van der Waals surface area contributed by atoms with Crippen molar-refractivity contribution in [1.82, 2.24) is 9.97 Å². The van der Waals surface area contributed by atoms with Gasteiger partial charge < -0.3 is 10.7 Å². The third-order valence-corrected chi connectivity index (χ3v) is 3.16. The quantitative estimate of drug-likeness (QED) is 0.577. The number of hydrogen-bond acceptors (Lipinski definition) is 5. The Morgan fingerprint density at radius 1 is 1.25 bits per heavy atom. The smallest absolute Gasteiger partial charge is 0.148 e. The first-order valence-corrected chi connectivity index (χ1v) is 6.48. The number of halogens is 1. The highest BCUT2D eigenvalue weighted by Crippen LogP contribution is 2.25. The Balaban J connectivity index is 2.28. The molecular weight excluding hydrogens is 257 g/mol. The van der Waals surface area contributed by atoms with Gasteiger partial charge in [0.1, 0.15) is 23.8 Å². The van der Waals surface area contributed by atoms with Gasteiger partial charge in [0.25, 0.3) is 0 Å². The second-order valence-corrected chi connectivity index (χ2v) is 4.43. The van der Waals surface area contributed by atoms with Gasteiger partial charge >= 0.3 is 0 Å². The lowest BCUT2D eigenvalue weighted by atomic mass is 10.1. The zero-order valence-corrected chi connectivity index (χ0v) is 11.5. The van der Waals surface area contributed by atoms with Crippen LogP contribution < -0.4 is 16.6 Å². The van der Waals surface area contributed by atoms with E-state index in [1.165, 1.54) is 12.4 Å². The summed E-state index contributed by atoms with van der Waals surface area (Å²) in [5.41, 5.74) is 4.01. The van der Waals surface area contributed by atoms with Crippen LogP contribution in [0.5, 0.6) is 0 Å². The van der Waals surface area contributed by atoms with Gasteiger partial charge in [0.05, 0.1) is 6.04 Å². The van der Waals surface area contributed by atoms with E-state index in [4.69, 9.17) is 5.84 Å². The van der Waals surface area contributed by atoms with Crippen molar-refractivity contribution < 1.29 is 4.39 Å². The molecule has 0 aliphatic rings. The molecule has 106 valence electrons. The molecule has 0 aliphatic heterocycles. The first-order valence-electron chi connectivity index (χ1n) is 6.48.